The summed E-state index contributed by atoms with van der Waals surface area (Å²) in [6, 6.07) is 0. The standard InChI is InChI=1S/C18H38O4S.Na/c1-3-5-7-9-11-13-15-17-18(19,23(20,21)22)16-14-12-10-8-6-4-2;/h19H,3-17H2,1-2H3,(H,20,21,22);/q;+1/p-1. The van der Waals surface area contributed by atoms with Crippen LogP contribution in [-0.4, -0.2) is 23.0 Å². The van der Waals surface area contributed by atoms with Gasteiger partial charge in [0, 0.05) is 0 Å². The first-order valence-corrected chi connectivity index (χ1v) is 11.0. The molecule has 0 aliphatic rings. The minimum Gasteiger partial charge on any atom is -0.746 e. The first-order chi connectivity index (χ1) is 10.9. The van der Waals surface area contributed by atoms with Gasteiger partial charge in [0.15, 0.2) is 4.93 Å². The van der Waals surface area contributed by atoms with Crippen LogP contribution < -0.4 is 29.6 Å². The molecule has 1 N–H and O–H groups in total. The molecule has 0 aliphatic carbocycles. The van der Waals surface area contributed by atoms with Gasteiger partial charge in [-0.05, 0) is 25.7 Å². The molecule has 0 amide bonds. The third-order valence-electron chi connectivity index (χ3n) is 4.56. The van der Waals surface area contributed by atoms with Gasteiger partial charge in [-0.2, -0.15) is 0 Å². The van der Waals surface area contributed by atoms with E-state index in [1.54, 1.807) is 0 Å². The molecule has 0 aliphatic heterocycles. The summed E-state index contributed by atoms with van der Waals surface area (Å²) in [7, 11) is -4.66. The summed E-state index contributed by atoms with van der Waals surface area (Å²) in [5.41, 5.74) is 0. The van der Waals surface area contributed by atoms with E-state index in [0.29, 0.717) is 12.8 Å². The van der Waals surface area contributed by atoms with Crippen molar-refractivity contribution in [2.45, 2.75) is 115 Å². The smallest absolute Gasteiger partial charge is 0.746 e. The van der Waals surface area contributed by atoms with Crippen LogP contribution in [0.5, 0.6) is 0 Å². The van der Waals surface area contributed by atoms with E-state index < -0.39 is 15.1 Å². The molecule has 0 saturated carbocycles. The Labute approximate surface area is 172 Å². The van der Waals surface area contributed by atoms with E-state index in [9.17, 15) is 18.1 Å². The number of unbranched alkanes of at least 4 members (excludes halogenated alkanes) is 11. The first-order valence-electron chi connectivity index (χ1n) is 9.55. The Morgan fingerprint density at radius 1 is 0.708 bits per heavy atom. The molecule has 4 nitrogen and oxygen atoms in total. The van der Waals surface area contributed by atoms with Crippen LogP contribution in [0, 0.1) is 0 Å². The van der Waals surface area contributed by atoms with Crippen molar-refractivity contribution >= 4 is 10.1 Å². The summed E-state index contributed by atoms with van der Waals surface area (Å²) < 4.78 is 34.3. The maximum Gasteiger partial charge on any atom is 1.00 e. The van der Waals surface area contributed by atoms with Crippen LogP contribution in [0.2, 0.25) is 0 Å². The molecule has 0 aromatic carbocycles. The molecular formula is C18H37NaO4S. The van der Waals surface area contributed by atoms with Crippen molar-refractivity contribution in [1.82, 2.24) is 0 Å². The van der Waals surface area contributed by atoms with Crippen molar-refractivity contribution in [3.63, 3.8) is 0 Å². The molecule has 0 aromatic heterocycles. The van der Waals surface area contributed by atoms with Gasteiger partial charge >= 0.3 is 29.6 Å². The summed E-state index contributed by atoms with van der Waals surface area (Å²) in [6.45, 7) is 4.31. The monoisotopic (exact) mass is 372 g/mol. The summed E-state index contributed by atoms with van der Waals surface area (Å²) in [6.07, 6.45) is 13.5. The van der Waals surface area contributed by atoms with Gasteiger partial charge in [-0.15, -0.1) is 0 Å². The maximum atomic E-state index is 11.4. The Balaban J connectivity index is 0. The van der Waals surface area contributed by atoms with Gasteiger partial charge < -0.3 is 9.66 Å². The van der Waals surface area contributed by atoms with Gasteiger partial charge in [0.25, 0.3) is 0 Å². The predicted molar refractivity (Wildman–Crippen MR) is 95.3 cm³/mol. The molecule has 0 heterocycles. The average Bonchev–Trinajstić information content (AvgIpc) is 2.49. The molecule has 0 rings (SSSR count). The van der Waals surface area contributed by atoms with Crippen molar-refractivity contribution in [1.29, 1.82) is 0 Å². The Morgan fingerprint density at radius 3 is 1.29 bits per heavy atom. The van der Waals surface area contributed by atoms with Gasteiger partial charge in [-0.3, -0.25) is 0 Å². The van der Waals surface area contributed by atoms with Gasteiger partial charge in [0.05, 0.1) is 0 Å². The Morgan fingerprint density at radius 2 is 1.00 bits per heavy atom. The van der Waals surface area contributed by atoms with Crippen molar-refractivity contribution in [2.75, 3.05) is 0 Å². The average molecular weight is 373 g/mol. The molecular weight excluding hydrogens is 335 g/mol. The zero-order valence-electron chi connectivity index (χ0n) is 16.2. The molecule has 0 aromatic rings. The van der Waals surface area contributed by atoms with E-state index in [-0.39, 0.29) is 42.4 Å². The molecule has 0 saturated heterocycles. The van der Waals surface area contributed by atoms with E-state index in [1.807, 2.05) is 0 Å². The number of hydrogen-bond donors (Lipinski definition) is 1. The SMILES string of the molecule is CCCCCCCCCC(O)(CCCCCCCC)S(=O)(=O)[O-].[Na+]. The topological polar surface area (TPSA) is 77.4 Å². The number of hydrogen-bond acceptors (Lipinski definition) is 4. The van der Waals surface area contributed by atoms with Crippen molar-refractivity contribution in [3.8, 4) is 0 Å². The minimum atomic E-state index is -4.66. The van der Waals surface area contributed by atoms with Gasteiger partial charge in [0.1, 0.15) is 10.1 Å². The molecule has 0 fully saturated rings. The molecule has 0 spiro atoms. The first kappa shape index (κ1) is 27.1. The van der Waals surface area contributed by atoms with Crippen LogP contribution >= 0.6 is 0 Å². The zero-order valence-corrected chi connectivity index (χ0v) is 19.0. The van der Waals surface area contributed by atoms with Gasteiger partial charge in [-0.25, -0.2) is 8.42 Å². The Bertz CT molecular complexity index is 373. The quantitative estimate of drug-likeness (QED) is 0.256. The van der Waals surface area contributed by atoms with Crippen molar-refractivity contribution < 1.29 is 47.6 Å². The zero-order chi connectivity index (χ0) is 17.6. The molecule has 1 atom stereocenters. The molecule has 0 radical (unpaired) electrons. The Hall–Kier alpha value is 0.870. The molecule has 0 bridgehead atoms. The van der Waals surface area contributed by atoms with Gasteiger partial charge in [0.2, 0.25) is 0 Å². The second kappa shape index (κ2) is 16.1. The summed E-state index contributed by atoms with van der Waals surface area (Å²) in [4.78, 5) is -2.05. The molecule has 1 unspecified atom stereocenters. The van der Waals surface area contributed by atoms with Crippen LogP contribution in [0.4, 0.5) is 0 Å². The third kappa shape index (κ3) is 13.1. The Kier molecular flexibility index (Phi) is 18.1. The second-order valence-corrected chi connectivity index (χ2v) is 8.46. The summed E-state index contributed by atoms with van der Waals surface area (Å²) in [5.74, 6) is 0. The summed E-state index contributed by atoms with van der Waals surface area (Å²) in [5, 5.41) is 10.3. The van der Waals surface area contributed by atoms with Crippen LogP contribution in [0.15, 0.2) is 0 Å². The normalized spacial score (nSPS) is 14.2. The van der Waals surface area contributed by atoms with Crippen LogP contribution in [0.3, 0.4) is 0 Å². The molecule has 6 heteroatoms. The second-order valence-electron chi connectivity index (χ2n) is 6.79. The molecule has 140 valence electrons. The number of aliphatic hydroxyl groups is 1. The van der Waals surface area contributed by atoms with Crippen LogP contribution in [0.25, 0.3) is 0 Å². The van der Waals surface area contributed by atoms with E-state index in [4.69, 9.17) is 0 Å². The van der Waals surface area contributed by atoms with E-state index in [0.717, 1.165) is 44.9 Å². The van der Waals surface area contributed by atoms with Crippen molar-refractivity contribution in [2.24, 2.45) is 0 Å². The van der Waals surface area contributed by atoms with E-state index >= 15 is 0 Å². The minimum absolute atomic E-state index is 0. The van der Waals surface area contributed by atoms with E-state index in [1.165, 1.54) is 25.7 Å². The van der Waals surface area contributed by atoms with Crippen LogP contribution in [0.1, 0.15) is 110 Å². The third-order valence-corrected chi connectivity index (χ3v) is 5.90. The maximum absolute atomic E-state index is 11.4. The fourth-order valence-electron chi connectivity index (χ4n) is 2.91. The summed E-state index contributed by atoms with van der Waals surface area (Å²) >= 11 is 0. The fraction of sp³-hybridized carbons (Fsp3) is 1.00. The number of rotatable bonds is 16. The van der Waals surface area contributed by atoms with Crippen LogP contribution in [-0.2, 0) is 10.1 Å². The van der Waals surface area contributed by atoms with Gasteiger partial charge in [-0.1, -0.05) is 84.5 Å². The van der Waals surface area contributed by atoms with Crippen molar-refractivity contribution in [3.05, 3.63) is 0 Å². The molecule has 24 heavy (non-hydrogen) atoms. The van der Waals surface area contributed by atoms with E-state index in [2.05, 4.69) is 13.8 Å². The predicted octanol–water partition coefficient (Wildman–Crippen LogP) is 2.12. The largest absolute Gasteiger partial charge is 1.00 e. The fourth-order valence-corrected chi connectivity index (χ4v) is 3.70.